The summed E-state index contributed by atoms with van der Waals surface area (Å²) in [5.74, 6) is 1.73. The number of benzene rings is 2. The summed E-state index contributed by atoms with van der Waals surface area (Å²) in [4.78, 5) is 13.3. The molecule has 3 aromatic heterocycles. The van der Waals surface area contributed by atoms with Crippen molar-refractivity contribution in [3.05, 3.63) is 36.0 Å². The fourth-order valence-electron chi connectivity index (χ4n) is 7.29. The number of rotatable bonds is 26. The third-order valence-corrected chi connectivity index (χ3v) is 10.2. The van der Waals surface area contributed by atoms with E-state index in [1.165, 1.54) is 141 Å². The van der Waals surface area contributed by atoms with Crippen LogP contribution in [0.2, 0.25) is 0 Å². The van der Waals surface area contributed by atoms with Gasteiger partial charge in [0.2, 0.25) is 0 Å². The number of oxazole rings is 2. The fraction of sp³-hybridized carbons (Fsp3) is 0.667. The lowest BCUT2D eigenvalue weighted by molar-refractivity contribution is 0.500. The molecular formula is C42H63N3O2. The topological polar surface area (TPSA) is 67.8 Å². The van der Waals surface area contributed by atoms with Gasteiger partial charge in [0.15, 0.2) is 22.9 Å². The highest BCUT2D eigenvalue weighted by atomic mass is 16.4. The molecule has 5 rings (SSSR count). The van der Waals surface area contributed by atoms with E-state index in [1.54, 1.807) is 0 Å². The number of fused-ring (bicyclic) bond motifs is 5. The smallest absolute Gasteiger partial charge is 0.195 e. The lowest BCUT2D eigenvalue weighted by Crippen LogP contribution is -1.86. The Balaban J connectivity index is 1.03. The summed E-state index contributed by atoms with van der Waals surface area (Å²) in [7, 11) is 0. The number of hydrogen-bond donors (Lipinski definition) is 1. The van der Waals surface area contributed by atoms with Gasteiger partial charge in [-0.15, -0.1) is 0 Å². The van der Waals surface area contributed by atoms with Crippen LogP contribution in [0, 0.1) is 0 Å². The van der Waals surface area contributed by atoms with Gasteiger partial charge in [0, 0.05) is 34.6 Å². The zero-order valence-corrected chi connectivity index (χ0v) is 29.9. The van der Waals surface area contributed by atoms with E-state index < -0.39 is 0 Å². The molecule has 0 aliphatic rings. The van der Waals surface area contributed by atoms with Crippen molar-refractivity contribution in [3.8, 4) is 0 Å². The van der Waals surface area contributed by atoms with Crippen LogP contribution >= 0.6 is 0 Å². The van der Waals surface area contributed by atoms with Crippen molar-refractivity contribution in [2.75, 3.05) is 0 Å². The quantitative estimate of drug-likeness (QED) is 0.0610. The van der Waals surface area contributed by atoms with Crippen molar-refractivity contribution in [2.45, 2.75) is 181 Å². The van der Waals surface area contributed by atoms with E-state index in [4.69, 9.17) is 18.8 Å². The number of nitrogens with one attached hydrogen (secondary N) is 1. The highest BCUT2D eigenvalue weighted by Gasteiger charge is 2.14. The normalized spacial score (nSPS) is 12.1. The second-order valence-corrected chi connectivity index (χ2v) is 14.3. The number of aryl methyl sites for hydroxylation is 2. The number of H-pyrrole nitrogens is 1. The molecule has 5 nitrogen and oxygen atoms in total. The van der Waals surface area contributed by atoms with Crippen molar-refractivity contribution in [3.63, 3.8) is 0 Å². The molecule has 5 heteroatoms. The molecule has 0 unspecified atom stereocenters. The van der Waals surface area contributed by atoms with Gasteiger partial charge in [0.1, 0.15) is 11.0 Å². The Morgan fingerprint density at radius 1 is 0.426 bits per heavy atom. The van der Waals surface area contributed by atoms with E-state index in [-0.39, 0.29) is 0 Å². The highest BCUT2D eigenvalue weighted by Crippen LogP contribution is 2.33. The fourth-order valence-corrected chi connectivity index (χ4v) is 7.29. The minimum atomic E-state index is 0.865. The Morgan fingerprint density at radius 3 is 1.09 bits per heavy atom. The average Bonchev–Trinajstić information content (AvgIpc) is 3.77. The van der Waals surface area contributed by atoms with Crippen LogP contribution in [-0.4, -0.2) is 15.0 Å². The van der Waals surface area contributed by atoms with Crippen molar-refractivity contribution >= 4 is 44.0 Å². The molecule has 3 heterocycles. The van der Waals surface area contributed by atoms with E-state index in [0.717, 1.165) is 81.5 Å². The van der Waals surface area contributed by atoms with Gasteiger partial charge in [-0.3, -0.25) is 0 Å². The van der Waals surface area contributed by atoms with Crippen LogP contribution in [0.25, 0.3) is 44.0 Å². The maximum Gasteiger partial charge on any atom is 0.195 e. The molecule has 0 aliphatic carbocycles. The monoisotopic (exact) mass is 641 g/mol. The summed E-state index contributed by atoms with van der Waals surface area (Å²) in [6.07, 6.45) is 34.5. The zero-order chi connectivity index (χ0) is 32.5. The first-order chi connectivity index (χ1) is 23.2. The van der Waals surface area contributed by atoms with Gasteiger partial charge < -0.3 is 13.8 Å². The van der Waals surface area contributed by atoms with Gasteiger partial charge in [-0.25, -0.2) is 9.97 Å². The van der Waals surface area contributed by atoms with E-state index in [2.05, 4.69) is 43.1 Å². The second-order valence-electron chi connectivity index (χ2n) is 14.3. The molecule has 0 bridgehead atoms. The van der Waals surface area contributed by atoms with Crippen molar-refractivity contribution < 1.29 is 8.83 Å². The Hall–Kier alpha value is -2.82. The molecule has 1 N–H and O–H groups in total. The lowest BCUT2D eigenvalue weighted by Gasteiger charge is -2.02. The van der Waals surface area contributed by atoms with Crippen LogP contribution in [-0.2, 0) is 12.8 Å². The minimum absolute atomic E-state index is 0.865. The number of aromatic amines is 1. The maximum absolute atomic E-state index is 6.23. The first-order valence-corrected chi connectivity index (χ1v) is 19.9. The van der Waals surface area contributed by atoms with Crippen LogP contribution in [0.3, 0.4) is 0 Å². The Morgan fingerprint density at radius 2 is 0.745 bits per heavy atom. The summed E-state index contributed by atoms with van der Waals surface area (Å²) in [5, 5.41) is 2.31. The summed E-state index contributed by atoms with van der Waals surface area (Å²) < 4.78 is 12.5. The largest absolute Gasteiger partial charge is 0.441 e. The molecule has 47 heavy (non-hydrogen) atoms. The molecule has 5 aromatic rings. The first kappa shape index (κ1) is 35.5. The van der Waals surface area contributed by atoms with Gasteiger partial charge in [0.25, 0.3) is 0 Å². The van der Waals surface area contributed by atoms with Gasteiger partial charge in [-0.2, -0.15) is 0 Å². The van der Waals surface area contributed by atoms with E-state index in [9.17, 15) is 0 Å². The van der Waals surface area contributed by atoms with Crippen molar-refractivity contribution in [1.82, 2.24) is 15.0 Å². The molecule has 0 spiro atoms. The summed E-state index contributed by atoms with van der Waals surface area (Å²) >= 11 is 0. The predicted molar refractivity (Wildman–Crippen MR) is 201 cm³/mol. The van der Waals surface area contributed by atoms with Crippen LogP contribution < -0.4 is 0 Å². The molecule has 0 amide bonds. The molecule has 258 valence electrons. The number of aromatic nitrogens is 3. The van der Waals surface area contributed by atoms with E-state index >= 15 is 0 Å². The summed E-state index contributed by atoms with van der Waals surface area (Å²) in [6.45, 7) is 4.58. The predicted octanol–water partition coefficient (Wildman–Crippen LogP) is 14.1. The highest BCUT2D eigenvalue weighted by molar-refractivity contribution is 6.13. The van der Waals surface area contributed by atoms with Gasteiger partial charge >= 0.3 is 0 Å². The number of unbranched alkanes of at least 4 members (excludes halogenated alkanes) is 22. The molecule has 2 aromatic carbocycles. The van der Waals surface area contributed by atoms with Crippen LogP contribution in [0.1, 0.15) is 180 Å². The van der Waals surface area contributed by atoms with E-state index in [1.807, 2.05) is 0 Å². The maximum atomic E-state index is 6.23. The van der Waals surface area contributed by atoms with Crippen LogP contribution in [0.15, 0.2) is 33.1 Å². The van der Waals surface area contributed by atoms with Gasteiger partial charge in [0.05, 0.1) is 0 Å². The molecule has 0 atom stereocenters. The Labute approximate surface area is 284 Å². The first-order valence-electron chi connectivity index (χ1n) is 19.9. The van der Waals surface area contributed by atoms with Crippen LogP contribution in [0.4, 0.5) is 0 Å². The Kier molecular flexibility index (Phi) is 15.0. The molecule has 0 aliphatic heterocycles. The number of nitrogens with zero attached hydrogens (tertiary/aromatic N) is 2. The zero-order valence-electron chi connectivity index (χ0n) is 29.9. The van der Waals surface area contributed by atoms with E-state index in [0.29, 0.717) is 0 Å². The molecule has 0 radical (unpaired) electrons. The Bertz CT molecular complexity index is 1470. The SMILES string of the molecule is CCCCCCCCCCCCCCc1nc2cc3[nH]c4cc5nc(CCCCCCCCCCCCCC)oc5cc4c3cc2o1. The van der Waals surface area contributed by atoms with Crippen LogP contribution in [0.5, 0.6) is 0 Å². The standard InChI is InChI=1S/C42H63N3O2/c1-3-5-7-9-11-13-15-17-19-21-23-25-27-41-44-37-31-35-33(29-39(37)46-41)34-30-40-38(32-36(34)43-35)45-42(47-40)28-26-24-22-20-18-16-14-12-10-8-6-4-2/h29-32,43H,3-28H2,1-2H3. The molecule has 0 saturated carbocycles. The molecular weight excluding hydrogens is 578 g/mol. The third-order valence-electron chi connectivity index (χ3n) is 10.2. The van der Waals surface area contributed by atoms with Crippen molar-refractivity contribution in [1.29, 1.82) is 0 Å². The third kappa shape index (κ3) is 11.1. The summed E-state index contributed by atoms with van der Waals surface area (Å²) in [6, 6.07) is 8.57. The average molecular weight is 642 g/mol. The van der Waals surface area contributed by atoms with Gasteiger partial charge in [-0.05, 0) is 37.1 Å². The molecule has 0 fully saturated rings. The minimum Gasteiger partial charge on any atom is -0.441 e. The second kappa shape index (κ2) is 19.9. The summed E-state index contributed by atoms with van der Waals surface area (Å²) in [5.41, 5.74) is 5.79. The molecule has 0 saturated heterocycles. The van der Waals surface area contributed by atoms with Crippen molar-refractivity contribution in [2.24, 2.45) is 0 Å². The van der Waals surface area contributed by atoms with Gasteiger partial charge in [-0.1, -0.05) is 155 Å². The number of hydrogen-bond acceptors (Lipinski definition) is 4. The lowest BCUT2D eigenvalue weighted by atomic mass is 10.0.